The second-order valence-corrected chi connectivity index (χ2v) is 6.49. The van der Waals surface area contributed by atoms with E-state index in [1.807, 2.05) is 18.2 Å². The number of benzene rings is 2. The molecule has 1 unspecified atom stereocenters. The average Bonchev–Trinajstić information content (AvgIpc) is 2.58. The smallest absolute Gasteiger partial charge is 0.220 e. The molecule has 0 saturated heterocycles. The Balaban J connectivity index is 1.73. The Labute approximate surface area is 141 Å². The highest BCUT2D eigenvalue weighted by Gasteiger charge is 2.11. The van der Waals surface area contributed by atoms with E-state index in [1.54, 1.807) is 18.2 Å². The zero-order valence-electron chi connectivity index (χ0n) is 13.3. The molecular formula is C19H22FNOS. The van der Waals surface area contributed by atoms with Crippen molar-refractivity contribution in [2.24, 2.45) is 0 Å². The molecule has 0 saturated carbocycles. The van der Waals surface area contributed by atoms with Crippen molar-refractivity contribution in [2.75, 3.05) is 12.3 Å². The molecule has 0 aliphatic rings. The topological polar surface area (TPSA) is 29.1 Å². The molecule has 1 atom stereocenters. The molecule has 2 aromatic carbocycles. The molecule has 4 heteroatoms. The lowest BCUT2D eigenvalue weighted by molar-refractivity contribution is -0.120. The monoisotopic (exact) mass is 331 g/mol. The van der Waals surface area contributed by atoms with Crippen molar-refractivity contribution in [2.45, 2.75) is 30.6 Å². The van der Waals surface area contributed by atoms with Crippen LogP contribution in [0.15, 0.2) is 59.5 Å². The van der Waals surface area contributed by atoms with E-state index < -0.39 is 0 Å². The minimum Gasteiger partial charge on any atom is -0.355 e. The van der Waals surface area contributed by atoms with Gasteiger partial charge in [0.2, 0.25) is 5.91 Å². The summed E-state index contributed by atoms with van der Waals surface area (Å²) in [6.07, 6.45) is 1.37. The number of rotatable bonds is 8. The Kier molecular flexibility index (Phi) is 7.14. The maximum absolute atomic E-state index is 13.5. The Hall–Kier alpha value is -1.81. The Morgan fingerprint density at radius 1 is 1.13 bits per heavy atom. The van der Waals surface area contributed by atoms with E-state index in [0.717, 1.165) is 6.42 Å². The Morgan fingerprint density at radius 3 is 2.52 bits per heavy atom. The van der Waals surface area contributed by atoms with Crippen molar-refractivity contribution >= 4 is 17.7 Å². The maximum atomic E-state index is 13.5. The molecule has 0 heterocycles. The lowest BCUT2D eigenvalue weighted by Crippen LogP contribution is -2.28. The van der Waals surface area contributed by atoms with E-state index in [-0.39, 0.29) is 11.7 Å². The molecular weight excluding hydrogens is 309 g/mol. The third kappa shape index (κ3) is 5.71. The quantitative estimate of drug-likeness (QED) is 0.715. The standard InChI is InChI=1S/C19H22FNOS/c1-2-15(16-8-4-3-5-9-16)14-21-19(22)12-13-23-18-11-7-6-10-17(18)20/h3-11,15H,2,12-14H2,1H3,(H,21,22). The predicted octanol–water partition coefficient (Wildman–Crippen LogP) is 4.62. The molecule has 0 bridgehead atoms. The highest BCUT2D eigenvalue weighted by molar-refractivity contribution is 7.99. The first-order chi connectivity index (χ1) is 11.2. The van der Waals surface area contributed by atoms with Crippen molar-refractivity contribution in [1.82, 2.24) is 5.32 Å². The Morgan fingerprint density at radius 2 is 1.83 bits per heavy atom. The van der Waals surface area contributed by atoms with Crippen LogP contribution in [-0.4, -0.2) is 18.2 Å². The van der Waals surface area contributed by atoms with Crippen LogP contribution >= 0.6 is 11.8 Å². The summed E-state index contributed by atoms with van der Waals surface area (Å²) >= 11 is 1.38. The van der Waals surface area contributed by atoms with Crippen LogP contribution in [0.5, 0.6) is 0 Å². The van der Waals surface area contributed by atoms with E-state index in [2.05, 4.69) is 24.4 Å². The second kappa shape index (κ2) is 9.36. The lowest BCUT2D eigenvalue weighted by atomic mass is 9.96. The van der Waals surface area contributed by atoms with Crippen molar-refractivity contribution in [3.05, 3.63) is 66.0 Å². The van der Waals surface area contributed by atoms with Gasteiger partial charge in [0.1, 0.15) is 5.82 Å². The van der Waals surface area contributed by atoms with Crippen LogP contribution in [0.3, 0.4) is 0 Å². The highest BCUT2D eigenvalue weighted by Crippen LogP contribution is 2.22. The molecule has 1 N–H and O–H groups in total. The van der Waals surface area contributed by atoms with Crippen LogP contribution in [-0.2, 0) is 4.79 Å². The van der Waals surface area contributed by atoms with Crippen LogP contribution in [0.25, 0.3) is 0 Å². The van der Waals surface area contributed by atoms with Gasteiger partial charge in [0.05, 0.1) is 0 Å². The maximum Gasteiger partial charge on any atom is 0.220 e. The zero-order valence-corrected chi connectivity index (χ0v) is 14.1. The summed E-state index contributed by atoms with van der Waals surface area (Å²) in [6, 6.07) is 16.9. The molecule has 0 radical (unpaired) electrons. The fourth-order valence-corrected chi connectivity index (χ4v) is 3.25. The summed E-state index contributed by atoms with van der Waals surface area (Å²) < 4.78 is 13.5. The average molecular weight is 331 g/mol. The fourth-order valence-electron chi connectivity index (χ4n) is 2.36. The third-order valence-electron chi connectivity index (χ3n) is 3.73. The van der Waals surface area contributed by atoms with E-state index in [4.69, 9.17) is 0 Å². The van der Waals surface area contributed by atoms with Crippen molar-refractivity contribution in [1.29, 1.82) is 0 Å². The van der Waals surface area contributed by atoms with Gasteiger partial charge >= 0.3 is 0 Å². The molecule has 0 fully saturated rings. The molecule has 23 heavy (non-hydrogen) atoms. The van der Waals surface area contributed by atoms with Gasteiger partial charge < -0.3 is 5.32 Å². The largest absolute Gasteiger partial charge is 0.355 e. The van der Waals surface area contributed by atoms with Gasteiger partial charge in [0.15, 0.2) is 0 Å². The number of hydrogen-bond acceptors (Lipinski definition) is 2. The Bertz CT molecular complexity index is 618. The summed E-state index contributed by atoms with van der Waals surface area (Å²) in [7, 11) is 0. The summed E-state index contributed by atoms with van der Waals surface area (Å²) in [5, 5.41) is 2.99. The number of carbonyl (C=O) groups is 1. The van der Waals surface area contributed by atoms with Gasteiger partial charge in [0, 0.05) is 29.5 Å². The molecule has 2 nitrogen and oxygen atoms in total. The number of nitrogens with one attached hydrogen (secondary N) is 1. The summed E-state index contributed by atoms with van der Waals surface area (Å²) in [5.41, 5.74) is 1.25. The lowest BCUT2D eigenvalue weighted by Gasteiger charge is -2.16. The minimum atomic E-state index is -0.229. The SMILES string of the molecule is CCC(CNC(=O)CCSc1ccccc1F)c1ccccc1. The number of carbonyl (C=O) groups excluding carboxylic acids is 1. The highest BCUT2D eigenvalue weighted by atomic mass is 32.2. The zero-order chi connectivity index (χ0) is 16.5. The molecule has 0 aliphatic carbocycles. The van der Waals surface area contributed by atoms with Crippen molar-refractivity contribution in [3.8, 4) is 0 Å². The first-order valence-corrected chi connectivity index (χ1v) is 8.88. The number of hydrogen-bond donors (Lipinski definition) is 1. The van der Waals surface area contributed by atoms with Gasteiger partial charge in [-0.25, -0.2) is 4.39 Å². The first-order valence-electron chi connectivity index (χ1n) is 7.89. The van der Waals surface area contributed by atoms with Crippen LogP contribution in [0.1, 0.15) is 31.2 Å². The predicted molar refractivity (Wildman–Crippen MR) is 94.2 cm³/mol. The molecule has 0 spiro atoms. The number of halogens is 1. The molecule has 2 aromatic rings. The van der Waals surface area contributed by atoms with Gasteiger partial charge in [-0.05, 0) is 24.1 Å². The van der Waals surface area contributed by atoms with Gasteiger partial charge in [-0.2, -0.15) is 0 Å². The van der Waals surface area contributed by atoms with E-state index in [0.29, 0.717) is 29.5 Å². The molecule has 0 aliphatic heterocycles. The van der Waals surface area contributed by atoms with Crippen LogP contribution < -0.4 is 5.32 Å². The van der Waals surface area contributed by atoms with Crippen molar-refractivity contribution in [3.63, 3.8) is 0 Å². The van der Waals surface area contributed by atoms with E-state index in [1.165, 1.54) is 23.4 Å². The molecule has 2 rings (SSSR count). The van der Waals surface area contributed by atoms with Crippen LogP contribution in [0.2, 0.25) is 0 Å². The van der Waals surface area contributed by atoms with Crippen LogP contribution in [0, 0.1) is 5.82 Å². The van der Waals surface area contributed by atoms with Crippen LogP contribution in [0.4, 0.5) is 4.39 Å². The third-order valence-corrected chi connectivity index (χ3v) is 4.78. The van der Waals surface area contributed by atoms with E-state index in [9.17, 15) is 9.18 Å². The number of thioether (sulfide) groups is 1. The fraction of sp³-hybridized carbons (Fsp3) is 0.316. The van der Waals surface area contributed by atoms with Gasteiger partial charge in [-0.1, -0.05) is 49.4 Å². The summed E-state index contributed by atoms with van der Waals surface area (Å²) in [4.78, 5) is 12.5. The summed E-state index contributed by atoms with van der Waals surface area (Å²) in [5.74, 6) is 0.699. The van der Waals surface area contributed by atoms with E-state index >= 15 is 0 Å². The van der Waals surface area contributed by atoms with Gasteiger partial charge in [-0.15, -0.1) is 11.8 Å². The van der Waals surface area contributed by atoms with Crippen molar-refractivity contribution < 1.29 is 9.18 Å². The first kappa shape index (κ1) is 17.5. The number of amides is 1. The molecule has 0 aromatic heterocycles. The minimum absolute atomic E-state index is 0.0169. The second-order valence-electron chi connectivity index (χ2n) is 5.35. The normalized spacial score (nSPS) is 11.9. The van der Waals surface area contributed by atoms with Gasteiger partial charge in [-0.3, -0.25) is 4.79 Å². The summed E-state index contributed by atoms with van der Waals surface area (Å²) in [6.45, 7) is 2.77. The molecule has 1 amide bonds. The molecule has 122 valence electrons. The van der Waals surface area contributed by atoms with Gasteiger partial charge in [0.25, 0.3) is 0 Å².